The van der Waals surface area contributed by atoms with Gasteiger partial charge in [0.1, 0.15) is 0 Å². The summed E-state index contributed by atoms with van der Waals surface area (Å²) in [5.41, 5.74) is 0. The van der Waals surface area contributed by atoms with Gasteiger partial charge in [-0.25, -0.2) is 0 Å². The Morgan fingerprint density at radius 3 is 2.88 bits per heavy atom. The second-order valence-electron chi connectivity index (χ2n) is 5.32. The van der Waals surface area contributed by atoms with Crippen LogP contribution in [0, 0.1) is 0 Å². The van der Waals surface area contributed by atoms with Gasteiger partial charge in [-0.2, -0.15) is 0 Å². The third-order valence-corrected chi connectivity index (χ3v) is 3.32. The fraction of sp³-hybridized carbons (Fsp3) is 1.00. The zero-order valence-electron chi connectivity index (χ0n) is 11.9. The minimum atomic E-state index is 0.378. The van der Waals surface area contributed by atoms with E-state index in [4.69, 9.17) is 4.74 Å². The largest absolute Gasteiger partial charge is 0.379 e. The van der Waals surface area contributed by atoms with E-state index in [0.29, 0.717) is 6.10 Å². The van der Waals surface area contributed by atoms with E-state index < -0.39 is 0 Å². The quantitative estimate of drug-likeness (QED) is 0.661. The predicted octanol–water partition coefficient (Wildman–Crippen LogP) is 2.27. The maximum absolute atomic E-state index is 5.56. The lowest BCUT2D eigenvalue weighted by atomic mass is 10.1. The van der Waals surface area contributed by atoms with E-state index in [1.54, 1.807) is 0 Å². The number of hydrogen-bond donors (Lipinski definition) is 1. The molecule has 0 aliphatic carbocycles. The molecule has 3 nitrogen and oxygen atoms in total. The van der Waals surface area contributed by atoms with Gasteiger partial charge in [0.15, 0.2) is 0 Å². The van der Waals surface area contributed by atoms with E-state index in [0.717, 1.165) is 19.2 Å². The number of hydrogen-bond acceptors (Lipinski definition) is 3. The number of unbranched alkanes of at least 4 members (excludes halogenated alkanes) is 1. The standard InChI is InChI=1S/C14H30N2O/c1-4-15-14-8-7-10-16(12-14)9-5-6-11-17-13(2)3/h13-15H,4-12H2,1-3H3. The van der Waals surface area contributed by atoms with Crippen LogP contribution in [0.25, 0.3) is 0 Å². The summed E-state index contributed by atoms with van der Waals surface area (Å²) in [7, 11) is 0. The minimum absolute atomic E-state index is 0.378. The third-order valence-electron chi connectivity index (χ3n) is 3.32. The van der Waals surface area contributed by atoms with Crippen LogP contribution < -0.4 is 5.32 Å². The summed E-state index contributed by atoms with van der Waals surface area (Å²) in [5.74, 6) is 0. The van der Waals surface area contributed by atoms with E-state index in [9.17, 15) is 0 Å². The Morgan fingerprint density at radius 2 is 2.18 bits per heavy atom. The van der Waals surface area contributed by atoms with Gasteiger partial charge >= 0.3 is 0 Å². The number of rotatable bonds is 8. The van der Waals surface area contributed by atoms with Crippen molar-refractivity contribution in [1.29, 1.82) is 0 Å². The molecule has 1 unspecified atom stereocenters. The molecule has 0 saturated carbocycles. The molecule has 0 aromatic rings. The molecular weight excluding hydrogens is 212 g/mol. The van der Waals surface area contributed by atoms with Crippen LogP contribution in [-0.2, 0) is 4.74 Å². The summed E-state index contributed by atoms with van der Waals surface area (Å²) in [6.45, 7) is 12.2. The normalized spacial score (nSPS) is 22.2. The fourth-order valence-corrected chi connectivity index (χ4v) is 2.47. The number of nitrogens with one attached hydrogen (secondary N) is 1. The first-order chi connectivity index (χ1) is 8.22. The van der Waals surface area contributed by atoms with Crippen LogP contribution in [0.5, 0.6) is 0 Å². The molecule has 1 aliphatic rings. The SMILES string of the molecule is CCNC1CCCN(CCCCOC(C)C)C1. The van der Waals surface area contributed by atoms with Gasteiger partial charge in [0, 0.05) is 19.2 Å². The predicted molar refractivity (Wildman–Crippen MR) is 73.5 cm³/mol. The van der Waals surface area contributed by atoms with E-state index in [-0.39, 0.29) is 0 Å². The Bertz CT molecular complexity index is 183. The third kappa shape index (κ3) is 7.02. The molecule has 1 heterocycles. The van der Waals surface area contributed by atoms with Gasteiger partial charge in [0.25, 0.3) is 0 Å². The van der Waals surface area contributed by atoms with Crippen molar-refractivity contribution in [2.45, 2.75) is 58.6 Å². The number of nitrogens with zero attached hydrogens (tertiary/aromatic N) is 1. The highest BCUT2D eigenvalue weighted by molar-refractivity contribution is 4.77. The number of piperidine rings is 1. The van der Waals surface area contributed by atoms with Crippen molar-refractivity contribution < 1.29 is 4.74 Å². The van der Waals surface area contributed by atoms with Gasteiger partial charge in [-0.05, 0) is 59.2 Å². The van der Waals surface area contributed by atoms with Crippen LogP contribution in [0.1, 0.15) is 46.5 Å². The van der Waals surface area contributed by atoms with Gasteiger partial charge in [-0.1, -0.05) is 6.92 Å². The zero-order chi connectivity index (χ0) is 12.5. The topological polar surface area (TPSA) is 24.5 Å². The van der Waals surface area contributed by atoms with Crippen LogP contribution in [0.15, 0.2) is 0 Å². The van der Waals surface area contributed by atoms with Crippen LogP contribution in [0.2, 0.25) is 0 Å². The van der Waals surface area contributed by atoms with Crippen LogP contribution in [0.3, 0.4) is 0 Å². The number of likely N-dealkylation sites (tertiary alicyclic amines) is 1. The fourth-order valence-electron chi connectivity index (χ4n) is 2.47. The molecule has 0 aromatic carbocycles. The highest BCUT2D eigenvalue weighted by Crippen LogP contribution is 2.10. The van der Waals surface area contributed by atoms with Crippen molar-refractivity contribution in [2.24, 2.45) is 0 Å². The summed E-state index contributed by atoms with van der Waals surface area (Å²) >= 11 is 0. The maximum atomic E-state index is 5.56. The molecule has 1 fully saturated rings. The molecule has 102 valence electrons. The second-order valence-corrected chi connectivity index (χ2v) is 5.32. The molecule has 0 bridgehead atoms. The Morgan fingerprint density at radius 1 is 1.35 bits per heavy atom. The smallest absolute Gasteiger partial charge is 0.0518 e. The molecule has 1 atom stereocenters. The first-order valence-electron chi connectivity index (χ1n) is 7.29. The molecule has 1 saturated heterocycles. The van der Waals surface area contributed by atoms with Gasteiger partial charge in [0.2, 0.25) is 0 Å². The van der Waals surface area contributed by atoms with Gasteiger partial charge < -0.3 is 15.0 Å². The summed E-state index contributed by atoms with van der Waals surface area (Å²) in [6, 6.07) is 0.723. The molecule has 0 spiro atoms. The van der Waals surface area contributed by atoms with Crippen molar-refractivity contribution in [2.75, 3.05) is 32.8 Å². The summed E-state index contributed by atoms with van der Waals surface area (Å²) in [6.07, 6.45) is 5.54. The maximum Gasteiger partial charge on any atom is 0.0518 e. The molecule has 17 heavy (non-hydrogen) atoms. The van der Waals surface area contributed by atoms with Crippen molar-refractivity contribution in [3.63, 3.8) is 0 Å². The summed E-state index contributed by atoms with van der Waals surface area (Å²) < 4.78 is 5.56. The minimum Gasteiger partial charge on any atom is -0.379 e. The lowest BCUT2D eigenvalue weighted by molar-refractivity contribution is 0.0732. The number of likely N-dealkylation sites (N-methyl/N-ethyl adjacent to an activating group) is 1. The van der Waals surface area contributed by atoms with Crippen molar-refractivity contribution in [3.05, 3.63) is 0 Å². The molecule has 1 rings (SSSR count). The molecular formula is C14H30N2O. The molecule has 0 aromatic heterocycles. The Labute approximate surface area is 107 Å². The monoisotopic (exact) mass is 242 g/mol. The first kappa shape index (κ1) is 14.9. The van der Waals surface area contributed by atoms with E-state index in [1.165, 1.54) is 45.3 Å². The first-order valence-corrected chi connectivity index (χ1v) is 7.29. The zero-order valence-corrected chi connectivity index (χ0v) is 11.9. The highest BCUT2D eigenvalue weighted by Gasteiger charge is 2.17. The van der Waals surface area contributed by atoms with E-state index in [2.05, 4.69) is 31.0 Å². The molecule has 1 aliphatic heterocycles. The van der Waals surface area contributed by atoms with Crippen LogP contribution in [-0.4, -0.2) is 49.8 Å². The Hall–Kier alpha value is -0.120. The molecule has 0 radical (unpaired) electrons. The van der Waals surface area contributed by atoms with E-state index in [1.807, 2.05) is 0 Å². The Kier molecular flexibility index (Phi) is 7.82. The van der Waals surface area contributed by atoms with Crippen molar-refractivity contribution in [1.82, 2.24) is 10.2 Å². The Balaban J connectivity index is 2.02. The lowest BCUT2D eigenvalue weighted by Gasteiger charge is -2.33. The van der Waals surface area contributed by atoms with E-state index >= 15 is 0 Å². The summed E-state index contributed by atoms with van der Waals surface area (Å²) in [5, 5.41) is 3.56. The van der Waals surface area contributed by atoms with Crippen LogP contribution in [0.4, 0.5) is 0 Å². The average molecular weight is 242 g/mol. The van der Waals surface area contributed by atoms with Gasteiger partial charge in [0.05, 0.1) is 6.10 Å². The van der Waals surface area contributed by atoms with Gasteiger partial charge in [-0.15, -0.1) is 0 Å². The van der Waals surface area contributed by atoms with Crippen molar-refractivity contribution >= 4 is 0 Å². The highest BCUT2D eigenvalue weighted by atomic mass is 16.5. The number of ether oxygens (including phenoxy) is 1. The molecule has 0 amide bonds. The van der Waals surface area contributed by atoms with Crippen LogP contribution >= 0.6 is 0 Å². The van der Waals surface area contributed by atoms with Crippen molar-refractivity contribution in [3.8, 4) is 0 Å². The average Bonchev–Trinajstić information content (AvgIpc) is 2.29. The summed E-state index contributed by atoms with van der Waals surface area (Å²) in [4.78, 5) is 2.60. The molecule has 3 heteroatoms. The molecule has 1 N–H and O–H groups in total. The lowest BCUT2D eigenvalue weighted by Crippen LogP contribution is -2.45. The van der Waals surface area contributed by atoms with Gasteiger partial charge in [-0.3, -0.25) is 0 Å². The second kappa shape index (κ2) is 8.90.